The lowest BCUT2D eigenvalue weighted by Crippen LogP contribution is -2.66. The summed E-state index contributed by atoms with van der Waals surface area (Å²) >= 11 is 0. The summed E-state index contributed by atoms with van der Waals surface area (Å²) in [6, 6.07) is 0. The Morgan fingerprint density at radius 2 is 2.00 bits per heavy atom. The second-order valence-electron chi connectivity index (χ2n) is 8.20. The SMILES string of the molecule is CC1CC1C(=O)N1CC2(C1)OCCC2CCNC(=O)CC1CC1. The third-order valence-corrected chi connectivity index (χ3v) is 6.24. The number of hydrogen-bond donors (Lipinski definition) is 1. The Balaban J connectivity index is 1.21. The Hall–Kier alpha value is -1.10. The summed E-state index contributed by atoms with van der Waals surface area (Å²) in [4.78, 5) is 26.0. The summed E-state index contributed by atoms with van der Waals surface area (Å²) in [5, 5.41) is 3.06. The van der Waals surface area contributed by atoms with Crippen molar-refractivity contribution in [3.8, 4) is 0 Å². The summed E-state index contributed by atoms with van der Waals surface area (Å²) < 4.78 is 6.02. The fourth-order valence-corrected chi connectivity index (χ4v) is 4.24. The van der Waals surface area contributed by atoms with Gasteiger partial charge < -0.3 is 15.0 Å². The molecule has 0 radical (unpaired) electrons. The van der Waals surface area contributed by atoms with Crippen molar-refractivity contribution in [1.29, 1.82) is 0 Å². The van der Waals surface area contributed by atoms with Crippen LogP contribution in [0.1, 0.15) is 45.4 Å². The molecule has 0 bridgehead atoms. The van der Waals surface area contributed by atoms with Crippen molar-refractivity contribution in [3.05, 3.63) is 0 Å². The molecule has 4 rings (SSSR count). The maximum Gasteiger partial charge on any atom is 0.226 e. The van der Waals surface area contributed by atoms with Crippen molar-refractivity contribution in [1.82, 2.24) is 10.2 Å². The number of carbonyl (C=O) groups is 2. The highest BCUT2D eigenvalue weighted by atomic mass is 16.5. The normalized spacial score (nSPS) is 34.3. The minimum absolute atomic E-state index is 0.116. The molecule has 2 aliphatic carbocycles. The van der Waals surface area contributed by atoms with E-state index in [1.807, 2.05) is 4.90 Å². The second kappa shape index (κ2) is 5.76. The Morgan fingerprint density at radius 3 is 2.65 bits per heavy atom. The molecule has 2 amide bonds. The zero-order chi connectivity index (χ0) is 16.0. The summed E-state index contributed by atoms with van der Waals surface area (Å²) in [7, 11) is 0. The molecule has 3 atom stereocenters. The Bertz CT molecular complexity index is 496. The summed E-state index contributed by atoms with van der Waals surface area (Å²) in [6.07, 6.45) is 6.22. The molecule has 2 heterocycles. The number of amides is 2. The average Bonchev–Trinajstić information content (AvgIpc) is 3.37. The van der Waals surface area contributed by atoms with Gasteiger partial charge in [0.1, 0.15) is 5.60 Å². The molecule has 0 aromatic rings. The van der Waals surface area contributed by atoms with Crippen LogP contribution in [0.3, 0.4) is 0 Å². The molecule has 4 fully saturated rings. The molecular weight excluding hydrogens is 292 g/mol. The van der Waals surface area contributed by atoms with Crippen LogP contribution < -0.4 is 5.32 Å². The minimum Gasteiger partial charge on any atom is -0.371 e. The van der Waals surface area contributed by atoms with Gasteiger partial charge in [0.15, 0.2) is 0 Å². The summed E-state index contributed by atoms with van der Waals surface area (Å²) in [6.45, 7) is 5.21. The highest BCUT2D eigenvalue weighted by Gasteiger charge is 2.56. The molecule has 2 saturated heterocycles. The zero-order valence-electron chi connectivity index (χ0n) is 14.1. The predicted octanol–water partition coefficient (Wildman–Crippen LogP) is 1.57. The van der Waals surface area contributed by atoms with E-state index in [-0.39, 0.29) is 17.4 Å². The first-order valence-corrected chi connectivity index (χ1v) is 9.27. The van der Waals surface area contributed by atoms with Gasteiger partial charge in [0.25, 0.3) is 0 Å². The van der Waals surface area contributed by atoms with Crippen molar-refractivity contribution in [2.24, 2.45) is 23.7 Å². The highest BCUT2D eigenvalue weighted by molar-refractivity contribution is 5.82. The first-order valence-electron chi connectivity index (χ1n) is 9.27. The molecule has 128 valence electrons. The quantitative estimate of drug-likeness (QED) is 0.808. The van der Waals surface area contributed by atoms with E-state index in [9.17, 15) is 9.59 Å². The van der Waals surface area contributed by atoms with Crippen LogP contribution in [-0.4, -0.2) is 48.6 Å². The van der Waals surface area contributed by atoms with Crippen molar-refractivity contribution >= 4 is 11.8 Å². The van der Waals surface area contributed by atoms with Crippen molar-refractivity contribution in [3.63, 3.8) is 0 Å². The molecule has 3 unspecified atom stereocenters. The van der Waals surface area contributed by atoms with Gasteiger partial charge in [-0.3, -0.25) is 9.59 Å². The van der Waals surface area contributed by atoms with Crippen LogP contribution in [0.4, 0.5) is 0 Å². The molecule has 2 aliphatic heterocycles. The van der Waals surface area contributed by atoms with Crippen molar-refractivity contribution in [2.75, 3.05) is 26.2 Å². The van der Waals surface area contributed by atoms with E-state index in [4.69, 9.17) is 4.74 Å². The number of ether oxygens (including phenoxy) is 1. The van der Waals surface area contributed by atoms with Gasteiger partial charge >= 0.3 is 0 Å². The van der Waals surface area contributed by atoms with Gasteiger partial charge in [-0.15, -0.1) is 0 Å². The fourth-order valence-electron chi connectivity index (χ4n) is 4.24. The molecule has 2 saturated carbocycles. The largest absolute Gasteiger partial charge is 0.371 e. The maximum absolute atomic E-state index is 12.3. The first-order chi connectivity index (χ1) is 11.1. The molecule has 5 heteroatoms. The molecule has 23 heavy (non-hydrogen) atoms. The monoisotopic (exact) mass is 320 g/mol. The molecule has 4 aliphatic rings. The lowest BCUT2D eigenvalue weighted by molar-refractivity contribution is -0.166. The van der Waals surface area contributed by atoms with Crippen molar-refractivity contribution in [2.45, 2.75) is 51.0 Å². The maximum atomic E-state index is 12.3. The van der Waals surface area contributed by atoms with Gasteiger partial charge in [-0.1, -0.05) is 6.92 Å². The van der Waals surface area contributed by atoms with Crippen LogP contribution in [-0.2, 0) is 14.3 Å². The third-order valence-electron chi connectivity index (χ3n) is 6.24. The van der Waals surface area contributed by atoms with E-state index < -0.39 is 0 Å². The number of rotatable bonds is 6. The van der Waals surface area contributed by atoms with Crippen molar-refractivity contribution < 1.29 is 14.3 Å². The van der Waals surface area contributed by atoms with Gasteiger partial charge in [-0.25, -0.2) is 0 Å². The van der Waals surface area contributed by atoms with Gasteiger partial charge in [0, 0.05) is 25.5 Å². The summed E-state index contributed by atoms with van der Waals surface area (Å²) in [5.74, 6) is 2.50. The van der Waals surface area contributed by atoms with Crippen LogP contribution >= 0.6 is 0 Å². The van der Waals surface area contributed by atoms with Crippen LogP contribution in [0.2, 0.25) is 0 Å². The summed E-state index contributed by atoms with van der Waals surface area (Å²) in [5.41, 5.74) is -0.116. The predicted molar refractivity (Wildman–Crippen MR) is 85.6 cm³/mol. The number of nitrogens with one attached hydrogen (secondary N) is 1. The lowest BCUT2D eigenvalue weighted by atomic mass is 9.78. The topological polar surface area (TPSA) is 58.6 Å². The average molecular weight is 320 g/mol. The Morgan fingerprint density at radius 1 is 1.26 bits per heavy atom. The van der Waals surface area contributed by atoms with Crippen LogP contribution in [0.25, 0.3) is 0 Å². The van der Waals surface area contributed by atoms with E-state index in [1.54, 1.807) is 0 Å². The molecule has 1 N–H and O–H groups in total. The second-order valence-corrected chi connectivity index (χ2v) is 8.20. The molecular formula is C18H28N2O3. The minimum atomic E-state index is -0.116. The number of carbonyl (C=O) groups excluding carboxylic acids is 2. The van der Waals surface area contributed by atoms with E-state index in [1.165, 1.54) is 12.8 Å². The number of likely N-dealkylation sites (tertiary alicyclic amines) is 1. The Kier molecular flexibility index (Phi) is 3.87. The first kappa shape index (κ1) is 15.4. The number of hydrogen-bond acceptors (Lipinski definition) is 3. The Labute approximate surface area is 138 Å². The van der Waals surface area contributed by atoms with Gasteiger partial charge in [0.2, 0.25) is 11.8 Å². The van der Waals surface area contributed by atoms with E-state index in [0.717, 1.165) is 45.5 Å². The van der Waals surface area contributed by atoms with Gasteiger partial charge in [-0.05, 0) is 49.9 Å². The zero-order valence-corrected chi connectivity index (χ0v) is 14.1. The molecule has 0 aromatic heterocycles. The van der Waals surface area contributed by atoms with Gasteiger partial charge in [-0.2, -0.15) is 0 Å². The standard InChI is InChI=1S/C18H28N2O3/c1-12-8-15(12)17(22)20-10-18(11-20)14(5-7-23-18)4-6-19-16(21)9-13-2-3-13/h12-15H,2-11H2,1H3,(H,19,21). The van der Waals surface area contributed by atoms with Crippen LogP contribution in [0.5, 0.6) is 0 Å². The van der Waals surface area contributed by atoms with Crippen LogP contribution in [0, 0.1) is 23.7 Å². The number of nitrogens with zero attached hydrogens (tertiary/aromatic N) is 1. The smallest absolute Gasteiger partial charge is 0.226 e. The molecule has 0 aromatic carbocycles. The lowest BCUT2D eigenvalue weighted by Gasteiger charge is -2.50. The van der Waals surface area contributed by atoms with E-state index >= 15 is 0 Å². The molecule has 1 spiro atoms. The fraction of sp³-hybridized carbons (Fsp3) is 0.889. The third kappa shape index (κ3) is 3.12. The molecule has 5 nitrogen and oxygen atoms in total. The highest BCUT2D eigenvalue weighted by Crippen LogP contribution is 2.45. The van der Waals surface area contributed by atoms with Gasteiger partial charge in [0.05, 0.1) is 13.1 Å². The van der Waals surface area contributed by atoms with E-state index in [2.05, 4.69) is 12.2 Å². The van der Waals surface area contributed by atoms with E-state index in [0.29, 0.717) is 30.1 Å². The van der Waals surface area contributed by atoms with Crippen LogP contribution in [0.15, 0.2) is 0 Å².